The summed E-state index contributed by atoms with van der Waals surface area (Å²) in [6.07, 6.45) is 2.56. The van der Waals surface area contributed by atoms with Crippen LogP contribution in [-0.4, -0.2) is 10.3 Å². The van der Waals surface area contributed by atoms with Crippen molar-refractivity contribution in [3.63, 3.8) is 0 Å². The molecule has 3 heteroatoms. The Morgan fingerprint density at radius 2 is 2.19 bits per heavy atom. The molecule has 0 spiro atoms. The highest BCUT2D eigenvalue weighted by Gasteiger charge is 1.99. The first-order chi connectivity index (χ1) is 7.81. The van der Waals surface area contributed by atoms with E-state index in [1.807, 2.05) is 18.2 Å². The number of fused-ring (bicyclic) bond motifs is 1. The summed E-state index contributed by atoms with van der Waals surface area (Å²) in [7, 11) is 0. The molecule has 80 valence electrons. The van der Waals surface area contributed by atoms with Gasteiger partial charge >= 0.3 is 0 Å². The largest absolute Gasteiger partial charge is 0.256 e. The number of benzene rings is 1. The summed E-state index contributed by atoms with van der Waals surface area (Å²) >= 11 is 9.39. The minimum atomic E-state index is 0.727. The predicted octanol–water partition coefficient (Wildman–Crippen LogP) is 4.02. The van der Waals surface area contributed by atoms with Gasteiger partial charge in [-0.05, 0) is 18.2 Å². The maximum Gasteiger partial charge on any atom is 0.0729 e. The topological polar surface area (TPSA) is 12.9 Å². The summed E-state index contributed by atoms with van der Waals surface area (Å²) in [5, 5.41) is 2.60. The van der Waals surface area contributed by atoms with E-state index >= 15 is 0 Å². The fraction of sp³-hybridized carbons (Fsp3) is 0.154. The molecule has 0 saturated heterocycles. The first-order valence-corrected chi connectivity index (χ1v) is 6.40. The molecule has 0 aliphatic rings. The van der Waals surface area contributed by atoms with Crippen LogP contribution in [0.3, 0.4) is 0 Å². The highest BCUT2D eigenvalue weighted by Crippen LogP contribution is 2.21. The fourth-order valence-electron chi connectivity index (χ4n) is 1.40. The van der Waals surface area contributed by atoms with Crippen LogP contribution in [0.1, 0.15) is 12.0 Å². The van der Waals surface area contributed by atoms with Crippen molar-refractivity contribution in [1.82, 2.24) is 4.98 Å². The van der Waals surface area contributed by atoms with Crippen LogP contribution in [0.15, 0.2) is 30.5 Å². The molecule has 2 rings (SSSR count). The summed E-state index contributed by atoms with van der Waals surface area (Å²) in [5.41, 5.74) is 1.86. The molecular weight excluding hydrogens is 286 g/mol. The average molecular weight is 295 g/mol. The predicted molar refractivity (Wildman–Crippen MR) is 72.0 cm³/mol. The minimum absolute atomic E-state index is 0.727. The van der Waals surface area contributed by atoms with Crippen LogP contribution in [0.2, 0.25) is 5.02 Å². The zero-order valence-corrected chi connectivity index (χ0v) is 10.8. The number of alkyl halides is 1. The zero-order chi connectivity index (χ0) is 11.4. The standard InChI is InChI=1S/C13H9BrClN/c14-7-2-1-3-10-4-5-11-12(15)6-8-16-13(11)9-10/h4-6,8-9H,2,7H2. The van der Waals surface area contributed by atoms with Crippen molar-refractivity contribution in [1.29, 1.82) is 0 Å². The normalized spacial score (nSPS) is 9.88. The van der Waals surface area contributed by atoms with Crippen molar-refractivity contribution >= 4 is 38.4 Å². The number of hydrogen-bond acceptors (Lipinski definition) is 1. The van der Waals surface area contributed by atoms with Crippen molar-refractivity contribution in [2.75, 3.05) is 5.33 Å². The Morgan fingerprint density at radius 3 is 3.00 bits per heavy atom. The van der Waals surface area contributed by atoms with Gasteiger partial charge in [0.15, 0.2) is 0 Å². The molecule has 0 unspecified atom stereocenters. The highest BCUT2D eigenvalue weighted by molar-refractivity contribution is 9.09. The van der Waals surface area contributed by atoms with Crippen molar-refractivity contribution in [2.45, 2.75) is 6.42 Å². The number of pyridine rings is 1. The second-order valence-electron chi connectivity index (χ2n) is 3.27. The molecule has 1 heterocycles. The molecule has 1 nitrogen and oxygen atoms in total. The second kappa shape index (κ2) is 5.34. The van der Waals surface area contributed by atoms with Gasteiger partial charge in [-0.1, -0.05) is 45.4 Å². The smallest absolute Gasteiger partial charge is 0.0729 e. The van der Waals surface area contributed by atoms with Crippen LogP contribution in [0, 0.1) is 11.8 Å². The van der Waals surface area contributed by atoms with Gasteiger partial charge in [0.05, 0.1) is 10.5 Å². The van der Waals surface area contributed by atoms with Crippen molar-refractivity contribution in [3.05, 3.63) is 41.0 Å². The lowest BCUT2D eigenvalue weighted by molar-refractivity contribution is 1.32. The number of hydrogen-bond donors (Lipinski definition) is 0. The van der Waals surface area contributed by atoms with Gasteiger partial charge in [0.2, 0.25) is 0 Å². The molecular formula is C13H9BrClN. The van der Waals surface area contributed by atoms with E-state index in [-0.39, 0.29) is 0 Å². The molecule has 0 aliphatic carbocycles. The minimum Gasteiger partial charge on any atom is -0.256 e. The molecule has 2 aromatic rings. The van der Waals surface area contributed by atoms with Gasteiger partial charge in [0, 0.05) is 28.9 Å². The zero-order valence-electron chi connectivity index (χ0n) is 8.50. The third-order valence-electron chi connectivity index (χ3n) is 2.14. The van der Waals surface area contributed by atoms with Gasteiger partial charge in [-0.2, -0.15) is 0 Å². The summed E-state index contributed by atoms with van der Waals surface area (Å²) in [6.45, 7) is 0. The molecule has 0 aliphatic heterocycles. The van der Waals surface area contributed by atoms with E-state index in [2.05, 4.69) is 32.8 Å². The molecule has 0 saturated carbocycles. The summed E-state index contributed by atoms with van der Waals surface area (Å²) in [4.78, 5) is 4.27. The summed E-state index contributed by atoms with van der Waals surface area (Å²) in [6, 6.07) is 7.68. The Hall–Kier alpha value is -1.04. The fourth-order valence-corrected chi connectivity index (χ4v) is 1.82. The van der Waals surface area contributed by atoms with Crippen molar-refractivity contribution in [3.8, 4) is 11.8 Å². The maximum absolute atomic E-state index is 6.05. The van der Waals surface area contributed by atoms with Crippen LogP contribution in [0.4, 0.5) is 0 Å². The molecule has 0 bridgehead atoms. The quantitative estimate of drug-likeness (QED) is 0.572. The first kappa shape index (κ1) is 11.4. The van der Waals surface area contributed by atoms with E-state index < -0.39 is 0 Å². The molecule has 1 aromatic carbocycles. The van der Waals surface area contributed by atoms with Gasteiger partial charge in [0.1, 0.15) is 0 Å². The molecule has 0 fully saturated rings. The van der Waals surface area contributed by atoms with Crippen LogP contribution in [0.25, 0.3) is 10.9 Å². The molecule has 16 heavy (non-hydrogen) atoms. The third-order valence-corrected chi connectivity index (χ3v) is 2.87. The van der Waals surface area contributed by atoms with Crippen molar-refractivity contribution in [2.24, 2.45) is 0 Å². The molecule has 0 N–H and O–H groups in total. The van der Waals surface area contributed by atoms with E-state index in [0.717, 1.165) is 33.2 Å². The molecule has 0 atom stereocenters. The Bertz CT molecular complexity index is 569. The Morgan fingerprint density at radius 1 is 1.31 bits per heavy atom. The summed E-state index contributed by atoms with van der Waals surface area (Å²) < 4.78 is 0. The van der Waals surface area contributed by atoms with E-state index in [1.54, 1.807) is 12.3 Å². The van der Waals surface area contributed by atoms with Crippen LogP contribution < -0.4 is 0 Å². The summed E-state index contributed by atoms with van der Waals surface area (Å²) in [5.74, 6) is 6.17. The number of rotatable bonds is 1. The Kier molecular flexibility index (Phi) is 3.82. The van der Waals surface area contributed by atoms with Crippen LogP contribution >= 0.6 is 27.5 Å². The molecule has 1 aromatic heterocycles. The maximum atomic E-state index is 6.05. The average Bonchev–Trinajstić information content (AvgIpc) is 2.30. The lowest BCUT2D eigenvalue weighted by Crippen LogP contribution is -1.81. The van der Waals surface area contributed by atoms with E-state index in [4.69, 9.17) is 11.6 Å². The van der Waals surface area contributed by atoms with Gasteiger partial charge < -0.3 is 0 Å². The van der Waals surface area contributed by atoms with Gasteiger partial charge in [-0.3, -0.25) is 4.98 Å². The SMILES string of the molecule is Clc1ccnc2cc(C#CCCBr)ccc12. The Balaban J connectivity index is 2.42. The third kappa shape index (κ3) is 2.55. The van der Waals surface area contributed by atoms with E-state index in [9.17, 15) is 0 Å². The van der Waals surface area contributed by atoms with Crippen LogP contribution in [0.5, 0.6) is 0 Å². The van der Waals surface area contributed by atoms with Crippen molar-refractivity contribution < 1.29 is 0 Å². The monoisotopic (exact) mass is 293 g/mol. The van der Waals surface area contributed by atoms with Crippen LogP contribution in [-0.2, 0) is 0 Å². The molecule has 0 radical (unpaired) electrons. The van der Waals surface area contributed by atoms with Gasteiger partial charge in [-0.25, -0.2) is 0 Å². The highest BCUT2D eigenvalue weighted by atomic mass is 79.9. The Labute approximate surface area is 108 Å². The lowest BCUT2D eigenvalue weighted by Gasteiger charge is -1.99. The van der Waals surface area contributed by atoms with Gasteiger partial charge in [-0.15, -0.1) is 0 Å². The number of halogens is 2. The number of aromatic nitrogens is 1. The van der Waals surface area contributed by atoms with Gasteiger partial charge in [0.25, 0.3) is 0 Å². The number of nitrogens with zero attached hydrogens (tertiary/aromatic N) is 1. The van der Waals surface area contributed by atoms with E-state index in [0.29, 0.717) is 0 Å². The first-order valence-electron chi connectivity index (χ1n) is 4.90. The second-order valence-corrected chi connectivity index (χ2v) is 4.47. The molecule has 0 amide bonds. The lowest BCUT2D eigenvalue weighted by atomic mass is 10.1. The van der Waals surface area contributed by atoms with E-state index in [1.165, 1.54) is 0 Å².